The van der Waals surface area contributed by atoms with Crippen LogP contribution >= 0.6 is 0 Å². The van der Waals surface area contributed by atoms with Crippen molar-refractivity contribution in [3.8, 4) is 5.75 Å². The minimum atomic E-state index is -0.207. The predicted octanol–water partition coefficient (Wildman–Crippen LogP) is 5.29. The lowest BCUT2D eigenvalue weighted by molar-refractivity contribution is 0.0712. The number of hydrogen-bond acceptors (Lipinski definition) is 4. The molecule has 0 atom stereocenters. The molecule has 6 heteroatoms. The van der Waals surface area contributed by atoms with Crippen molar-refractivity contribution < 1.29 is 14.3 Å². The first-order valence-corrected chi connectivity index (χ1v) is 11.6. The molecule has 2 aromatic carbocycles. The molecule has 1 aliphatic rings. The highest BCUT2D eigenvalue weighted by molar-refractivity contribution is 6.05. The number of methoxy groups -OCH3 is 1. The van der Waals surface area contributed by atoms with E-state index < -0.39 is 0 Å². The molecule has 6 nitrogen and oxygen atoms in total. The van der Waals surface area contributed by atoms with Gasteiger partial charge in [-0.25, -0.2) is 0 Å². The second-order valence-corrected chi connectivity index (χ2v) is 8.96. The zero-order valence-electron chi connectivity index (χ0n) is 20.2. The minimum absolute atomic E-state index is 0.000667. The van der Waals surface area contributed by atoms with Crippen molar-refractivity contribution in [2.24, 2.45) is 0 Å². The molecule has 176 valence electrons. The second-order valence-electron chi connectivity index (χ2n) is 8.96. The number of hydrogen-bond donors (Lipinski definition) is 1. The number of nitrogens with zero attached hydrogens (tertiary/aromatic N) is 2. The van der Waals surface area contributed by atoms with E-state index in [4.69, 9.17) is 4.74 Å². The first kappa shape index (κ1) is 23.5. The van der Waals surface area contributed by atoms with Crippen molar-refractivity contribution in [3.05, 3.63) is 88.2 Å². The summed E-state index contributed by atoms with van der Waals surface area (Å²) in [6.07, 6.45) is 1.85. The maximum atomic E-state index is 13.2. The van der Waals surface area contributed by atoms with Gasteiger partial charge in [-0.2, -0.15) is 0 Å². The van der Waals surface area contributed by atoms with Gasteiger partial charge in [0.05, 0.1) is 7.11 Å². The number of carbonyl (C=O) groups excluding carboxylic acids is 2. The maximum absolute atomic E-state index is 13.2. The van der Waals surface area contributed by atoms with Crippen molar-refractivity contribution in [2.75, 3.05) is 25.5 Å². The Hall–Kier alpha value is -3.67. The number of piperidine rings is 1. The lowest BCUT2D eigenvalue weighted by Crippen LogP contribution is -2.38. The van der Waals surface area contributed by atoms with Gasteiger partial charge in [0.2, 0.25) is 0 Å². The number of ether oxygens (including phenoxy) is 1. The molecule has 1 aromatic heterocycles. The molecule has 0 radical (unpaired) electrons. The quantitative estimate of drug-likeness (QED) is 0.565. The SMILES string of the molecule is COc1ccc(C2CCN(C(=O)c3ccc(C)c(NC(=O)c4cc(C)nc(C)c4)c3)CC2)cc1. The number of aromatic nitrogens is 1. The molecule has 2 amide bonds. The maximum Gasteiger partial charge on any atom is 0.255 e. The summed E-state index contributed by atoms with van der Waals surface area (Å²) in [6, 6.07) is 17.2. The highest BCUT2D eigenvalue weighted by atomic mass is 16.5. The molecule has 3 aromatic rings. The normalized spacial score (nSPS) is 14.1. The summed E-state index contributed by atoms with van der Waals surface area (Å²) < 4.78 is 5.25. The Morgan fingerprint density at radius 3 is 2.18 bits per heavy atom. The molecule has 2 heterocycles. The number of likely N-dealkylation sites (tertiary alicyclic amines) is 1. The number of aryl methyl sites for hydroxylation is 3. The van der Waals surface area contributed by atoms with Gasteiger partial charge in [-0.15, -0.1) is 0 Å². The molecule has 0 spiro atoms. The summed E-state index contributed by atoms with van der Waals surface area (Å²) in [5, 5.41) is 2.97. The van der Waals surface area contributed by atoms with Crippen molar-refractivity contribution in [2.45, 2.75) is 39.5 Å². The van der Waals surface area contributed by atoms with Crippen molar-refractivity contribution >= 4 is 17.5 Å². The Labute approximate surface area is 201 Å². The Kier molecular flexibility index (Phi) is 6.96. The molecule has 34 heavy (non-hydrogen) atoms. The van der Waals surface area contributed by atoms with Gasteiger partial charge in [0.25, 0.3) is 11.8 Å². The van der Waals surface area contributed by atoms with Gasteiger partial charge < -0.3 is 15.0 Å². The molecule has 0 saturated carbocycles. The van der Waals surface area contributed by atoms with Crippen LogP contribution in [0.4, 0.5) is 5.69 Å². The standard InChI is InChI=1S/C28H31N3O3/c1-18-5-6-23(17-26(18)30-27(32)24-15-19(2)29-20(3)16-24)28(33)31-13-11-22(12-14-31)21-7-9-25(34-4)10-8-21/h5-10,15-17,22H,11-14H2,1-4H3,(H,30,32). The highest BCUT2D eigenvalue weighted by Gasteiger charge is 2.25. The Balaban J connectivity index is 1.43. The van der Waals surface area contributed by atoms with Crippen LogP contribution in [0.25, 0.3) is 0 Å². The fourth-order valence-corrected chi connectivity index (χ4v) is 4.52. The summed E-state index contributed by atoms with van der Waals surface area (Å²) in [7, 11) is 1.67. The highest BCUT2D eigenvalue weighted by Crippen LogP contribution is 2.30. The molecule has 0 bridgehead atoms. The molecular formula is C28H31N3O3. The zero-order chi connectivity index (χ0) is 24.2. The van der Waals surface area contributed by atoms with E-state index in [1.165, 1.54) is 5.56 Å². The molecular weight excluding hydrogens is 426 g/mol. The van der Waals surface area contributed by atoms with E-state index in [9.17, 15) is 9.59 Å². The van der Waals surface area contributed by atoms with Crippen LogP contribution in [0, 0.1) is 20.8 Å². The average molecular weight is 458 g/mol. The summed E-state index contributed by atoms with van der Waals surface area (Å²) in [5.41, 5.74) is 5.58. The lowest BCUT2D eigenvalue weighted by Gasteiger charge is -2.32. The number of pyridine rings is 1. The molecule has 1 N–H and O–H groups in total. The van der Waals surface area contributed by atoms with Gasteiger partial charge in [-0.1, -0.05) is 18.2 Å². The number of benzene rings is 2. The van der Waals surface area contributed by atoms with E-state index >= 15 is 0 Å². The van der Waals surface area contributed by atoms with Crippen molar-refractivity contribution in [1.29, 1.82) is 0 Å². The average Bonchev–Trinajstić information content (AvgIpc) is 2.84. The molecule has 0 unspecified atom stereocenters. The molecule has 0 aliphatic carbocycles. The van der Waals surface area contributed by atoms with Gasteiger partial charge in [0, 0.05) is 41.3 Å². The first-order chi connectivity index (χ1) is 16.3. The molecule has 1 fully saturated rings. The topological polar surface area (TPSA) is 71.5 Å². The van der Waals surface area contributed by atoms with Gasteiger partial charge >= 0.3 is 0 Å². The van der Waals surface area contributed by atoms with Crippen LogP contribution in [0.2, 0.25) is 0 Å². The van der Waals surface area contributed by atoms with Gasteiger partial charge in [-0.3, -0.25) is 14.6 Å². The summed E-state index contributed by atoms with van der Waals surface area (Å²) in [5.74, 6) is 1.09. The van der Waals surface area contributed by atoms with E-state index in [1.54, 1.807) is 25.3 Å². The second kappa shape index (κ2) is 10.1. The molecule has 1 aliphatic heterocycles. The van der Waals surface area contributed by atoms with E-state index in [1.807, 2.05) is 49.9 Å². The number of carbonyl (C=O) groups is 2. The fourth-order valence-electron chi connectivity index (χ4n) is 4.52. The summed E-state index contributed by atoms with van der Waals surface area (Å²) >= 11 is 0. The third-order valence-corrected chi connectivity index (χ3v) is 6.45. The van der Waals surface area contributed by atoms with Gasteiger partial charge in [-0.05, 0) is 87.1 Å². The smallest absolute Gasteiger partial charge is 0.255 e. The predicted molar refractivity (Wildman–Crippen MR) is 134 cm³/mol. The summed E-state index contributed by atoms with van der Waals surface area (Å²) in [6.45, 7) is 7.08. The van der Waals surface area contributed by atoms with Crippen molar-refractivity contribution in [1.82, 2.24) is 9.88 Å². The molecule has 1 saturated heterocycles. The van der Waals surface area contributed by atoms with E-state index in [2.05, 4.69) is 22.4 Å². The van der Waals surface area contributed by atoms with Crippen LogP contribution in [0.15, 0.2) is 54.6 Å². The third kappa shape index (κ3) is 5.28. The zero-order valence-corrected chi connectivity index (χ0v) is 20.2. The number of amides is 2. The largest absolute Gasteiger partial charge is 0.497 e. The Morgan fingerprint density at radius 1 is 0.912 bits per heavy atom. The van der Waals surface area contributed by atoms with E-state index in [-0.39, 0.29) is 11.8 Å². The number of anilines is 1. The van der Waals surface area contributed by atoms with Crippen LogP contribution in [0.3, 0.4) is 0 Å². The lowest BCUT2D eigenvalue weighted by atomic mass is 9.89. The van der Waals surface area contributed by atoms with Gasteiger partial charge in [0.1, 0.15) is 5.75 Å². The van der Waals surface area contributed by atoms with E-state index in [0.717, 1.165) is 35.5 Å². The third-order valence-electron chi connectivity index (χ3n) is 6.45. The monoisotopic (exact) mass is 457 g/mol. The van der Waals surface area contributed by atoms with E-state index in [0.29, 0.717) is 35.8 Å². The van der Waals surface area contributed by atoms with Crippen LogP contribution in [-0.2, 0) is 0 Å². The van der Waals surface area contributed by atoms with Gasteiger partial charge in [0.15, 0.2) is 0 Å². The van der Waals surface area contributed by atoms with Crippen LogP contribution in [0.1, 0.15) is 62.0 Å². The fraction of sp³-hybridized carbons (Fsp3) is 0.321. The van der Waals surface area contributed by atoms with Crippen LogP contribution in [-0.4, -0.2) is 41.9 Å². The van der Waals surface area contributed by atoms with Crippen LogP contribution in [0.5, 0.6) is 5.75 Å². The van der Waals surface area contributed by atoms with Crippen molar-refractivity contribution in [3.63, 3.8) is 0 Å². The number of nitrogens with one attached hydrogen (secondary N) is 1. The number of rotatable bonds is 5. The molecule has 4 rings (SSSR count). The first-order valence-electron chi connectivity index (χ1n) is 11.6. The van der Waals surface area contributed by atoms with Crippen LogP contribution < -0.4 is 10.1 Å². The summed E-state index contributed by atoms with van der Waals surface area (Å²) in [4.78, 5) is 32.3. The minimum Gasteiger partial charge on any atom is -0.497 e. The Bertz CT molecular complexity index is 1180. The Morgan fingerprint density at radius 2 is 1.56 bits per heavy atom.